The third-order valence-corrected chi connectivity index (χ3v) is 4.83. The van der Waals surface area contributed by atoms with Gasteiger partial charge in [-0.2, -0.15) is 0 Å². The van der Waals surface area contributed by atoms with Crippen LogP contribution < -0.4 is 11.1 Å². The maximum absolute atomic E-state index is 6.34. The third kappa shape index (κ3) is 3.50. The minimum atomic E-state index is 0.103. The van der Waals surface area contributed by atoms with E-state index < -0.39 is 0 Å². The van der Waals surface area contributed by atoms with Crippen LogP contribution in [0.3, 0.4) is 0 Å². The van der Waals surface area contributed by atoms with Crippen molar-refractivity contribution in [3.63, 3.8) is 0 Å². The summed E-state index contributed by atoms with van der Waals surface area (Å²) in [7, 11) is 0. The van der Waals surface area contributed by atoms with Crippen LogP contribution in [0.2, 0.25) is 0 Å². The standard InChI is InChI=1S/C13H23N3S/c1-10-9-17-12(16-10)11(2)15-8-7-13(14)5-3-4-6-13/h9,11,15H,3-8,14H2,1-2H3. The van der Waals surface area contributed by atoms with Crippen molar-refractivity contribution in [3.8, 4) is 0 Å². The number of hydrogen-bond acceptors (Lipinski definition) is 4. The Morgan fingerprint density at radius 1 is 1.53 bits per heavy atom. The highest BCUT2D eigenvalue weighted by Crippen LogP contribution is 2.29. The molecule has 1 heterocycles. The minimum absolute atomic E-state index is 0.103. The van der Waals surface area contributed by atoms with Gasteiger partial charge < -0.3 is 11.1 Å². The Bertz CT molecular complexity index is 355. The number of aryl methyl sites for hydroxylation is 1. The minimum Gasteiger partial charge on any atom is -0.325 e. The Morgan fingerprint density at radius 3 is 2.82 bits per heavy atom. The average molecular weight is 253 g/mol. The summed E-state index contributed by atoms with van der Waals surface area (Å²) in [5.74, 6) is 0. The van der Waals surface area contributed by atoms with Crippen LogP contribution in [0.25, 0.3) is 0 Å². The second kappa shape index (κ2) is 5.46. The van der Waals surface area contributed by atoms with Crippen molar-refractivity contribution in [2.24, 2.45) is 5.73 Å². The molecule has 0 saturated heterocycles. The van der Waals surface area contributed by atoms with Crippen molar-refractivity contribution in [2.45, 2.75) is 57.5 Å². The van der Waals surface area contributed by atoms with E-state index in [2.05, 4.69) is 22.6 Å². The molecule has 17 heavy (non-hydrogen) atoms. The van der Waals surface area contributed by atoms with Gasteiger partial charge in [-0.05, 0) is 39.7 Å². The van der Waals surface area contributed by atoms with E-state index in [1.807, 2.05) is 6.92 Å². The molecule has 0 aliphatic heterocycles. The lowest BCUT2D eigenvalue weighted by molar-refractivity contribution is 0.383. The van der Waals surface area contributed by atoms with Crippen molar-refractivity contribution >= 4 is 11.3 Å². The fourth-order valence-corrected chi connectivity index (χ4v) is 3.35. The quantitative estimate of drug-likeness (QED) is 0.848. The van der Waals surface area contributed by atoms with Gasteiger partial charge in [0.25, 0.3) is 0 Å². The van der Waals surface area contributed by atoms with Crippen LogP contribution in [0.1, 0.15) is 55.8 Å². The molecule has 0 radical (unpaired) electrons. The van der Waals surface area contributed by atoms with E-state index in [1.54, 1.807) is 11.3 Å². The van der Waals surface area contributed by atoms with Gasteiger partial charge in [-0.1, -0.05) is 12.8 Å². The van der Waals surface area contributed by atoms with Crippen molar-refractivity contribution in [1.29, 1.82) is 0 Å². The summed E-state index contributed by atoms with van der Waals surface area (Å²) in [6, 6.07) is 0.346. The molecule has 1 aromatic heterocycles. The molecular formula is C13H23N3S. The van der Waals surface area contributed by atoms with Gasteiger partial charge in [-0.3, -0.25) is 0 Å². The van der Waals surface area contributed by atoms with Gasteiger partial charge >= 0.3 is 0 Å². The molecule has 0 amide bonds. The monoisotopic (exact) mass is 253 g/mol. The van der Waals surface area contributed by atoms with Gasteiger partial charge in [0, 0.05) is 16.6 Å². The highest BCUT2D eigenvalue weighted by atomic mass is 32.1. The van der Waals surface area contributed by atoms with Crippen molar-refractivity contribution in [2.75, 3.05) is 6.54 Å². The molecule has 1 aliphatic rings. The van der Waals surface area contributed by atoms with Crippen LogP contribution in [0.15, 0.2) is 5.38 Å². The normalized spacial score (nSPS) is 20.6. The Hall–Kier alpha value is -0.450. The smallest absolute Gasteiger partial charge is 0.110 e. The number of rotatable bonds is 5. The fourth-order valence-electron chi connectivity index (χ4n) is 2.53. The van der Waals surface area contributed by atoms with E-state index in [-0.39, 0.29) is 5.54 Å². The van der Waals surface area contributed by atoms with Crippen molar-refractivity contribution in [1.82, 2.24) is 10.3 Å². The summed E-state index contributed by atoms with van der Waals surface area (Å²) in [6.07, 6.45) is 6.08. The number of hydrogen-bond donors (Lipinski definition) is 2. The van der Waals surface area contributed by atoms with Gasteiger partial charge in [0.2, 0.25) is 0 Å². The predicted molar refractivity (Wildman–Crippen MR) is 73.3 cm³/mol. The van der Waals surface area contributed by atoms with E-state index in [9.17, 15) is 0 Å². The number of nitrogens with zero attached hydrogens (tertiary/aromatic N) is 1. The van der Waals surface area contributed by atoms with Gasteiger partial charge in [0.05, 0.1) is 6.04 Å². The maximum Gasteiger partial charge on any atom is 0.110 e. The lowest BCUT2D eigenvalue weighted by Crippen LogP contribution is -2.39. The Morgan fingerprint density at radius 2 is 2.24 bits per heavy atom. The zero-order chi connectivity index (χ0) is 12.3. The molecule has 1 saturated carbocycles. The highest BCUT2D eigenvalue weighted by Gasteiger charge is 2.28. The molecule has 0 bridgehead atoms. The van der Waals surface area contributed by atoms with Gasteiger partial charge in [0.1, 0.15) is 5.01 Å². The van der Waals surface area contributed by atoms with Crippen LogP contribution in [0, 0.1) is 6.92 Å². The third-order valence-electron chi connectivity index (χ3n) is 3.68. The lowest BCUT2D eigenvalue weighted by atomic mass is 9.95. The summed E-state index contributed by atoms with van der Waals surface area (Å²) in [5, 5.41) is 6.82. The van der Waals surface area contributed by atoms with E-state index in [1.165, 1.54) is 30.7 Å². The molecule has 1 atom stereocenters. The van der Waals surface area contributed by atoms with Gasteiger partial charge in [0.15, 0.2) is 0 Å². The summed E-state index contributed by atoms with van der Waals surface area (Å²) >= 11 is 1.73. The molecule has 1 aliphatic carbocycles. The van der Waals surface area contributed by atoms with Crippen molar-refractivity contribution in [3.05, 3.63) is 16.1 Å². The number of thiazole rings is 1. The Kier molecular flexibility index (Phi) is 4.17. The molecule has 3 N–H and O–H groups in total. The molecule has 1 unspecified atom stereocenters. The SMILES string of the molecule is Cc1csc(C(C)NCCC2(N)CCCC2)n1. The van der Waals surface area contributed by atoms with Gasteiger partial charge in [-0.15, -0.1) is 11.3 Å². The lowest BCUT2D eigenvalue weighted by Gasteiger charge is -2.24. The highest BCUT2D eigenvalue weighted by molar-refractivity contribution is 7.09. The zero-order valence-electron chi connectivity index (χ0n) is 10.8. The first kappa shape index (κ1) is 13.0. The van der Waals surface area contributed by atoms with Crippen molar-refractivity contribution < 1.29 is 0 Å². The van der Waals surface area contributed by atoms with Crippen LogP contribution >= 0.6 is 11.3 Å². The molecule has 2 rings (SSSR count). The van der Waals surface area contributed by atoms with Crippen LogP contribution in [0.5, 0.6) is 0 Å². The topological polar surface area (TPSA) is 50.9 Å². The van der Waals surface area contributed by atoms with E-state index >= 15 is 0 Å². The number of nitrogens with two attached hydrogens (primary N) is 1. The predicted octanol–water partition coefficient (Wildman–Crippen LogP) is 2.76. The van der Waals surface area contributed by atoms with Crippen LogP contribution in [-0.2, 0) is 0 Å². The summed E-state index contributed by atoms with van der Waals surface area (Å²) in [4.78, 5) is 4.50. The molecular weight excluding hydrogens is 230 g/mol. The number of aromatic nitrogens is 1. The number of nitrogens with one attached hydrogen (secondary N) is 1. The Balaban J connectivity index is 1.75. The molecule has 0 aromatic carbocycles. The summed E-state index contributed by atoms with van der Waals surface area (Å²) in [5.41, 5.74) is 7.55. The van der Waals surface area contributed by atoms with Crippen LogP contribution in [-0.4, -0.2) is 17.1 Å². The first-order valence-electron chi connectivity index (χ1n) is 6.53. The first-order chi connectivity index (χ1) is 8.09. The van der Waals surface area contributed by atoms with E-state index in [0.717, 1.165) is 18.7 Å². The first-order valence-corrected chi connectivity index (χ1v) is 7.41. The zero-order valence-corrected chi connectivity index (χ0v) is 11.6. The molecule has 4 heteroatoms. The summed E-state index contributed by atoms with van der Waals surface area (Å²) in [6.45, 7) is 5.21. The second-order valence-electron chi connectivity index (χ2n) is 5.32. The maximum atomic E-state index is 6.34. The molecule has 1 aromatic rings. The van der Waals surface area contributed by atoms with Gasteiger partial charge in [-0.25, -0.2) is 4.98 Å². The summed E-state index contributed by atoms with van der Waals surface area (Å²) < 4.78 is 0. The molecule has 1 fully saturated rings. The Labute approximate surface area is 108 Å². The average Bonchev–Trinajstić information content (AvgIpc) is 2.88. The molecule has 3 nitrogen and oxygen atoms in total. The fraction of sp³-hybridized carbons (Fsp3) is 0.769. The van der Waals surface area contributed by atoms with Crippen LogP contribution in [0.4, 0.5) is 0 Å². The second-order valence-corrected chi connectivity index (χ2v) is 6.21. The molecule has 0 spiro atoms. The van der Waals surface area contributed by atoms with E-state index in [0.29, 0.717) is 6.04 Å². The molecule has 96 valence electrons. The largest absolute Gasteiger partial charge is 0.325 e. The van der Waals surface area contributed by atoms with E-state index in [4.69, 9.17) is 5.73 Å².